The lowest BCUT2D eigenvalue weighted by Crippen LogP contribution is -2.41. The minimum atomic E-state index is -4.60. The van der Waals surface area contributed by atoms with Gasteiger partial charge in [0, 0.05) is 10.7 Å². The van der Waals surface area contributed by atoms with Gasteiger partial charge in [0.25, 0.3) is 9.05 Å². The Balaban J connectivity index is 3.05. The van der Waals surface area contributed by atoms with E-state index in [1.807, 2.05) is 0 Å². The van der Waals surface area contributed by atoms with Gasteiger partial charge in [-0.3, -0.25) is 0 Å². The zero-order valence-electron chi connectivity index (χ0n) is 9.93. The van der Waals surface area contributed by atoms with Crippen molar-refractivity contribution >= 4 is 29.8 Å². The number of benzene rings is 1. The molecule has 0 fully saturated rings. The van der Waals surface area contributed by atoms with E-state index >= 15 is 0 Å². The molecule has 120 valence electrons. The van der Waals surface area contributed by atoms with E-state index in [-0.39, 0.29) is 0 Å². The number of halogens is 5. The van der Waals surface area contributed by atoms with Crippen LogP contribution in [0.5, 0.6) is 0 Å². The molecule has 0 amide bonds. The lowest BCUT2D eigenvalue weighted by molar-refractivity contribution is -0.122. The first kappa shape index (κ1) is 18.1. The Kier molecular flexibility index (Phi) is 5.24. The Labute approximate surface area is 122 Å². The molecule has 0 aliphatic carbocycles. The second kappa shape index (κ2) is 6.07. The van der Waals surface area contributed by atoms with Gasteiger partial charge in [0.05, 0.1) is 16.3 Å². The Hall–Kier alpha value is -0.910. The smallest absolute Gasteiger partial charge is 0.207 e. The maximum Gasteiger partial charge on any atom is 0.320 e. The van der Waals surface area contributed by atoms with Gasteiger partial charge in [0.2, 0.25) is 10.0 Å². The van der Waals surface area contributed by atoms with Gasteiger partial charge in [-0.25, -0.2) is 30.3 Å². The van der Waals surface area contributed by atoms with Crippen molar-refractivity contribution in [3.63, 3.8) is 0 Å². The molecule has 0 bridgehead atoms. The van der Waals surface area contributed by atoms with Crippen LogP contribution in [0.1, 0.15) is 0 Å². The fraction of sp³-hybridized carbons (Fsp3) is 0.333. The number of hydrogen-bond acceptors (Lipinski definition) is 4. The van der Waals surface area contributed by atoms with Crippen LogP contribution >= 0.6 is 10.7 Å². The average molecular weight is 370 g/mol. The number of rotatable bonds is 6. The van der Waals surface area contributed by atoms with Crippen LogP contribution in [0.15, 0.2) is 34.1 Å². The molecule has 0 unspecified atom stereocenters. The quantitative estimate of drug-likeness (QED) is 0.612. The van der Waals surface area contributed by atoms with Gasteiger partial charge >= 0.3 is 12.3 Å². The van der Waals surface area contributed by atoms with Crippen molar-refractivity contribution in [2.24, 2.45) is 0 Å². The van der Waals surface area contributed by atoms with Gasteiger partial charge in [0.15, 0.2) is 0 Å². The zero-order chi connectivity index (χ0) is 16.5. The fourth-order valence-electron chi connectivity index (χ4n) is 1.14. The van der Waals surface area contributed by atoms with Gasteiger partial charge < -0.3 is 0 Å². The molecule has 0 saturated carbocycles. The summed E-state index contributed by atoms with van der Waals surface area (Å²) in [7, 11) is -3.82. The number of hydrogen-bond donors (Lipinski definition) is 1. The van der Waals surface area contributed by atoms with Crippen LogP contribution in [0.3, 0.4) is 0 Å². The Bertz CT molecular complexity index is 721. The summed E-state index contributed by atoms with van der Waals surface area (Å²) in [6, 6.07) is 3.50. The fourth-order valence-corrected chi connectivity index (χ4v) is 3.11. The summed E-state index contributed by atoms with van der Waals surface area (Å²) in [4.78, 5) is -1.28. The van der Waals surface area contributed by atoms with Crippen molar-refractivity contribution in [3.05, 3.63) is 24.3 Å². The third-order valence-electron chi connectivity index (χ3n) is 2.21. The molecule has 0 spiro atoms. The van der Waals surface area contributed by atoms with Crippen molar-refractivity contribution in [2.75, 3.05) is 6.54 Å². The molecule has 0 aromatic heterocycles. The van der Waals surface area contributed by atoms with E-state index in [4.69, 9.17) is 10.7 Å². The normalized spacial score (nSPS) is 13.6. The highest BCUT2D eigenvalue weighted by Crippen LogP contribution is 2.23. The monoisotopic (exact) mass is 369 g/mol. The number of alkyl halides is 4. The first-order chi connectivity index (χ1) is 9.36. The van der Waals surface area contributed by atoms with Crippen LogP contribution in [0.2, 0.25) is 0 Å². The predicted molar refractivity (Wildman–Crippen MR) is 65.6 cm³/mol. The lowest BCUT2D eigenvalue weighted by atomic mass is 10.4. The SMILES string of the molecule is O=S(=O)(Cl)c1cccc(S(=O)(=O)NCC(F)(F)C(F)F)c1. The molecule has 0 radical (unpaired) electrons. The van der Waals surface area contributed by atoms with Crippen LogP contribution in [-0.4, -0.2) is 35.7 Å². The van der Waals surface area contributed by atoms with Crippen molar-refractivity contribution in [1.82, 2.24) is 4.72 Å². The molecule has 5 nitrogen and oxygen atoms in total. The van der Waals surface area contributed by atoms with E-state index < -0.39 is 47.8 Å². The third kappa shape index (κ3) is 4.80. The highest BCUT2D eigenvalue weighted by molar-refractivity contribution is 8.13. The summed E-state index contributed by atoms with van der Waals surface area (Å²) in [5, 5.41) is 0. The molecule has 1 rings (SSSR count). The lowest BCUT2D eigenvalue weighted by Gasteiger charge is -2.16. The summed E-state index contributed by atoms with van der Waals surface area (Å²) in [6.07, 6.45) is -4.05. The van der Waals surface area contributed by atoms with E-state index in [1.165, 1.54) is 4.72 Å². The molecule has 21 heavy (non-hydrogen) atoms. The van der Waals surface area contributed by atoms with Crippen LogP contribution in [0, 0.1) is 0 Å². The molecule has 0 aliphatic rings. The van der Waals surface area contributed by atoms with Crippen molar-refractivity contribution in [2.45, 2.75) is 22.1 Å². The zero-order valence-corrected chi connectivity index (χ0v) is 12.3. The van der Waals surface area contributed by atoms with E-state index in [2.05, 4.69) is 0 Å². The summed E-state index contributed by atoms with van der Waals surface area (Å²) < 4.78 is 95.9. The largest absolute Gasteiger partial charge is 0.320 e. The molecular formula is C9H8ClF4NO4S2. The van der Waals surface area contributed by atoms with Crippen molar-refractivity contribution in [3.8, 4) is 0 Å². The van der Waals surface area contributed by atoms with Crippen LogP contribution in [0.25, 0.3) is 0 Å². The Morgan fingerprint density at radius 2 is 1.67 bits per heavy atom. The Morgan fingerprint density at radius 3 is 2.14 bits per heavy atom. The van der Waals surface area contributed by atoms with Gasteiger partial charge in [-0.1, -0.05) is 6.07 Å². The van der Waals surface area contributed by atoms with Crippen molar-refractivity contribution < 1.29 is 34.4 Å². The first-order valence-corrected chi connectivity index (χ1v) is 8.86. The van der Waals surface area contributed by atoms with E-state index in [9.17, 15) is 34.4 Å². The molecule has 0 aliphatic heterocycles. The molecule has 1 aromatic carbocycles. The standard InChI is InChI=1S/C9H8ClF4NO4S2/c10-20(16,17)6-2-1-3-7(4-6)21(18,19)15-5-9(13,14)8(11)12/h1-4,8,15H,5H2. The van der Waals surface area contributed by atoms with Crippen molar-refractivity contribution in [1.29, 1.82) is 0 Å². The van der Waals surface area contributed by atoms with E-state index in [0.29, 0.717) is 6.07 Å². The first-order valence-electron chi connectivity index (χ1n) is 5.06. The molecule has 12 heteroatoms. The summed E-state index contributed by atoms with van der Waals surface area (Å²) in [5.41, 5.74) is 0. The van der Waals surface area contributed by atoms with Gasteiger partial charge in [-0.15, -0.1) is 0 Å². The third-order valence-corrected chi connectivity index (χ3v) is 4.96. The summed E-state index contributed by atoms with van der Waals surface area (Å²) >= 11 is 0. The molecular weight excluding hydrogens is 362 g/mol. The maximum atomic E-state index is 12.7. The highest BCUT2D eigenvalue weighted by atomic mass is 35.7. The summed E-state index contributed by atoms with van der Waals surface area (Å²) in [5.74, 6) is -4.55. The second-order valence-corrected chi connectivity index (χ2v) is 8.13. The molecule has 0 saturated heterocycles. The van der Waals surface area contributed by atoms with Crippen LogP contribution < -0.4 is 4.72 Å². The minimum Gasteiger partial charge on any atom is -0.207 e. The molecule has 1 N–H and O–H groups in total. The average Bonchev–Trinajstić information content (AvgIpc) is 2.36. The highest BCUT2D eigenvalue weighted by Gasteiger charge is 2.41. The van der Waals surface area contributed by atoms with E-state index in [1.54, 1.807) is 0 Å². The van der Waals surface area contributed by atoms with Gasteiger partial charge in [-0.2, -0.15) is 8.78 Å². The summed E-state index contributed by atoms with van der Waals surface area (Å²) in [6.45, 7) is -1.83. The van der Waals surface area contributed by atoms with Crippen LogP contribution in [0.4, 0.5) is 17.6 Å². The van der Waals surface area contributed by atoms with Crippen LogP contribution in [-0.2, 0) is 19.1 Å². The molecule has 1 aromatic rings. The minimum absolute atomic E-state index is 0.576. The second-order valence-electron chi connectivity index (χ2n) is 3.80. The van der Waals surface area contributed by atoms with Gasteiger partial charge in [-0.05, 0) is 18.2 Å². The Morgan fingerprint density at radius 1 is 1.14 bits per heavy atom. The number of nitrogens with one attached hydrogen (secondary N) is 1. The molecule has 0 heterocycles. The predicted octanol–water partition coefficient (Wildman–Crippen LogP) is 1.79. The number of sulfonamides is 1. The van der Waals surface area contributed by atoms with Gasteiger partial charge in [0.1, 0.15) is 0 Å². The van der Waals surface area contributed by atoms with E-state index in [0.717, 1.165) is 18.2 Å². The topological polar surface area (TPSA) is 80.3 Å². The molecule has 0 atom stereocenters. The maximum absolute atomic E-state index is 12.7.